The molecule has 0 saturated carbocycles. The minimum Gasteiger partial charge on any atom is -0.101 e. The van der Waals surface area contributed by atoms with Gasteiger partial charge in [0, 0.05) is 5.56 Å². The van der Waals surface area contributed by atoms with E-state index >= 15 is 0 Å². The molecular formula is C10H10. The molecule has 0 radical (unpaired) electrons. The molecule has 0 aliphatic heterocycles. The lowest BCUT2D eigenvalue weighted by Gasteiger charge is -1.93. The van der Waals surface area contributed by atoms with Crippen LogP contribution in [0.3, 0.4) is 0 Å². The third-order valence-corrected chi connectivity index (χ3v) is 1.40. The van der Waals surface area contributed by atoms with Gasteiger partial charge in [-0.3, -0.25) is 0 Å². The van der Waals surface area contributed by atoms with Crippen LogP contribution in [0.2, 0.25) is 0 Å². The van der Waals surface area contributed by atoms with Crippen molar-refractivity contribution in [1.29, 1.82) is 0 Å². The Morgan fingerprint density at radius 2 is 1.90 bits per heavy atom. The Morgan fingerprint density at radius 3 is 2.50 bits per heavy atom. The summed E-state index contributed by atoms with van der Waals surface area (Å²) in [7, 11) is 0. The Bertz CT molecular complexity index is 274. The molecule has 0 aliphatic carbocycles. The number of aryl methyl sites for hydroxylation is 1. The molecule has 0 spiro atoms. The Morgan fingerprint density at radius 1 is 1.20 bits per heavy atom. The molecule has 1 aromatic rings. The molecule has 1 rings (SSSR count). The van der Waals surface area contributed by atoms with Crippen molar-refractivity contribution in [3.05, 3.63) is 35.4 Å². The SMILES string of the molecule is CC#Cc1ccccc1C. The molecule has 1 aromatic carbocycles. The highest BCUT2D eigenvalue weighted by atomic mass is 13.9. The lowest BCUT2D eigenvalue weighted by molar-refractivity contribution is 1.44. The molecule has 0 heterocycles. The summed E-state index contributed by atoms with van der Waals surface area (Å²) in [5.74, 6) is 5.90. The maximum absolute atomic E-state index is 3.03. The monoisotopic (exact) mass is 130 g/mol. The van der Waals surface area contributed by atoms with Gasteiger partial charge in [-0.25, -0.2) is 0 Å². The van der Waals surface area contributed by atoms with E-state index in [1.165, 1.54) is 5.56 Å². The van der Waals surface area contributed by atoms with E-state index in [2.05, 4.69) is 24.8 Å². The molecular weight excluding hydrogens is 120 g/mol. The van der Waals surface area contributed by atoms with Crippen molar-refractivity contribution in [2.24, 2.45) is 0 Å². The first kappa shape index (κ1) is 6.89. The van der Waals surface area contributed by atoms with E-state index in [1.807, 2.05) is 25.1 Å². The summed E-state index contributed by atoms with van der Waals surface area (Å²) in [6.45, 7) is 3.92. The lowest BCUT2D eigenvalue weighted by Crippen LogP contribution is -1.78. The second-order valence-corrected chi connectivity index (χ2v) is 2.19. The first-order valence-electron chi connectivity index (χ1n) is 3.33. The van der Waals surface area contributed by atoms with E-state index in [4.69, 9.17) is 0 Å². The van der Waals surface area contributed by atoms with E-state index in [9.17, 15) is 0 Å². The van der Waals surface area contributed by atoms with Gasteiger partial charge in [0.2, 0.25) is 0 Å². The van der Waals surface area contributed by atoms with E-state index in [-0.39, 0.29) is 0 Å². The molecule has 0 aliphatic rings. The fourth-order valence-corrected chi connectivity index (χ4v) is 0.848. The van der Waals surface area contributed by atoms with Crippen LogP contribution in [0.4, 0.5) is 0 Å². The van der Waals surface area contributed by atoms with Gasteiger partial charge in [-0.15, -0.1) is 5.92 Å². The molecule has 0 atom stereocenters. The van der Waals surface area contributed by atoms with Crippen LogP contribution in [0.1, 0.15) is 18.1 Å². The van der Waals surface area contributed by atoms with Gasteiger partial charge in [-0.05, 0) is 25.5 Å². The molecule has 50 valence electrons. The predicted molar refractivity (Wildman–Crippen MR) is 43.7 cm³/mol. The zero-order valence-electron chi connectivity index (χ0n) is 6.31. The van der Waals surface area contributed by atoms with Gasteiger partial charge in [0.05, 0.1) is 0 Å². The number of hydrogen-bond acceptors (Lipinski definition) is 0. The van der Waals surface area contributed by atoms with Crippen LogP contribution in [0, 0.1) is 18.8 Å². The third kappa shape index (κ3) is 1.39. The smallest absolute Gasteiger partial charge is 0.0274 e. The molecule has 0 fully saturated rings. The number of hydrogen-bond donors (Lipinski definition) is 0. The summed E-state index contributed by atoms with van der Waals surface area (Å²) in [6.07, 6.45) is 0. The second-order valence-electron chi connectivity index (χ2n) is 2.19. The third-order valence-electron chi connectivity index (χ3n) is 1.40. The maximum atomic E-state index is 3.03. The molecule has 0 nitrogen and oxygen atoms in total. The second kappa shape index (κ2) is 3.08. The van der Waals surface area contributed by atoms with Crippen LogP contribution in [0.5, 0.6) is 0 Å². The summed E-state index contributed by atoms with van der Waals surface area (Å²) >= 11 is 0. The molecule has 0 bridgehead atoms. The molecule has 0 aromatic heterocycles. The predicted octanol–water partition coefficient (Wildman–Crippen LogP) is 2.37. The first-order chi connectivity index (χ1) is 4.84. The van der Waals surface area contributed by atoms with Crippen molar-refractivity contribution < 1.29 is 0 Å². The van der Waals surface area contributed by atoms with Crippen molar-refractivity contribution in [2.75, 3.05) is 0 Å². The number of rotatable bonds is 0. The van der Waals surface area contributed by atoms with Crippen LogP contribution in [-0.4, -0.2) is 0 Å². The van der Waals surface area contributed by atoms with Gasteiger partial charge >= 0.3 is 0 Å². The molecule has 0 amide bonds. The van der Waals surface area contributed by atoms with Crippen LogP contribution in [-0.2, 0) is 0 Å². The summed E-state index contributed by atoms with van der Waals surface area (Å²) in [4.78, 5) is 0. The van der Waals surface area contributed by atoms with Crippen LogP contribution < -0.4 is 0 Å². The molecule has 10 heavy (non-hydrogen) atoms. The molecule has 0 unspecified atom stereocenters. The largest absolute Gasteiger partial charge is 0.101 e. The van der Waals surface area contributed by atoms with Crippen molar-refractivity contribution >= 4 is 0 Å². The molecule has 0 N–H and O–H groups in total. The van der Waals surface area contributed by atoms with Gasteiger partial charge in [-0.2, -0.15) is 0 Å². The average Bonchev–Trinajstić information content (AvgIpc) is 1.94. The van der Waals surface area contributed by atoms with Crippen molar-refractivity contribution in [1.82, 2.24) is 0 Å². The fraction of sp³-hybridized carbons (Fsp3) is 0.200. The summed E-state index contributed by atoms with van der Waals surface area (Å²) in [5.41, 5.74) is 2.38. The average molecular weight is 130 g/mol. The van der Waals surface area contributed by atoms with Crippen molar-refractivity contribution in [2.45, 2.75) is 13.8 Å². The first-order valence-corrected chi connectivity index (χ1v) is 3.33. The van der Waals surface area contributed by atoms with E-state index < -0.39 is 0 Å². The quantitative estimate of drug-likeness (QED) is 0.473. The molecule has 0 saturated heterocycles. The Labute approximate surface area is 61.9 Å². The molecule has 0 heteroatoms. The Hall–Kier alpha value is -1.22. The summed E-state index contributed by atoms with van der Waals surface area (Å²) < 4.78 is 0. The van der Waals surface area contributed by atoms with Crippen molar-refractivity contribution in [3.63, 3.8) is 0 Å². The maximum Gasteiger partial charge on any atom is 0.0274 e. The van der Waals surface area contributed by atoms with Crippen molar-refractivity contribution in [3.8, 4) is 11.8 Å². The Kier molecular flexibility index (Phi) is 2.12. The fourth-order valence-electron chi connectivity index (χ4n) is 0.848. The van der Waals surface area contributed by atoms with Gasteiger partial charge in [0.15, 0.2) is 0 Å². The topological polar surface area (TPSA) is 0 Å². The highest BCUT2D eigenvalue weighted by molar-refractivity contribution is 5.39. The van der Waals surface area contributed by atoms with Gasteiger partial charge < -0.3 is 0 Å². The van der Waals surface area contributed by atoms with E-state index in [0.29, 0.717) is 0 Å². The minimum atomic E-state index is 1.13. The summed E-state index contributed by atoms with van der Waals surface area (Å²) in [5, 5.41) is 0. The zero-order valence-corrected chi connectivity index (χ0v) is 6.31. The standard InChI is InChI=1S/C10H10/c1-3-6-10-8-5-4-7-9(10)2/h4-5,7-8H,1-2H3. The van der Waals surface area contributed by atoms with Gasteiger partial charge in [0.25, 0.3) is 0 Å². The van der Waals surface area contributed by atoms with Gasteiger partial charge in [0.1, 0.15) is 0 Å². The highest BCUT2D eigenvalue weighted by Crippen LogP contribution is 2.03. The Balaban J connectivity index is 3.11. The van der Waals surface area contributed by atoms with Crippen LogP contribution in [0.25, 0.3) is 0 Å². The van der Waals surface area contributed by atoms with E-state index in [0.717, 1.165) is 5.56 Å². The highest BCUT2D eigenvalue weighted by Gasteiger charge is 1.88. The zero-order chi connectivity index (χ0) is 7.40. The lowest BCUT2D eigenvalue weighted by atomic mass is 10.1. The van der Waals surface area contributed by atoms with Crippen LogP contribution >= 0.6 is 0 Å². The van der Waals surface area contributed by atoms with Gasteiger partial charge in [-0.1, -0.05) is 24.1 Å². The number of benzene rings is 1. The van der Waals surface area contributed by atoms with E-state index in [1.54, 1.807) is 0 Å². The van der Waals surface area contributed by atoms with Crippen LogP contribution in [0.15, 0.2) is 24.3 Å². The minimum absolute atomic E-state index is 1.13. The normalized spacial score (nSPS) is 8.20. The summed E-state index contributed by atoms with van der Waals surface area (Å²) in [6, 6.07) is 8.13.